The highest BCUT2D eigenvalue weighted by molar-refractivity contribution is 5.39. The van der Waals surface area contributed by atoms with Crippen molar-refractivity contribution in [3.05, 3.63) is 101 Å². The zero-order valence-corrected chi connectivity index (χ0v) is 17.0. The maximum atomic E-state index is 13.5. The number of nitrogens with one attached hydrogen (secondary N) is 1. The number of benzene rings is 3. The van der Waals surface area contributed by atoms with Gasteiger partial charge in [0.05, 0.1) is 24.9 Å². The summed E-state index contributed by atoms with van der Waals surface area (Å²) in [6.07, 6.45) is -0.532. The van der Waals surface area contributed by atoms with E-state index >= 15 is 0 Å². The van der Waals surface area contributed by atoms with Gasteiger partial charge < -0.3 is 20.9 Å². The van der Waals surface area contributed by atoms with Gasteiger partial charge in [-0.15, -0.1) is 0 Å². The summed E-state index contributed by atoms with van der Waals surface area (Å²) in [7, 11) is 0. The fourth-order valence-corrected chi connectivity index (χ4v) is 4.08. The number of ether oxygens (including phenoxy) is 1. The fourth-order valence-electron chi connectivity index (χ4n) is 4.08. The van der Waals surface area contributed by atoms with Crippen LogP contribution >= 0.6 is 0 Å². The quantitative estimate of drug-likeness (QED) is 0.524. The van der Waals surface area contributed by atoms with Gasteiger partial charge in [-0.2, -0.15) is 0 Å². The number of aliphatic hydroxyl groups excluding tert-OH is 1. The number of nitrogen functional groups attached to an aromatic ring is 1. The average molecular weight is 424 g/mol. The molecule has 0 aromatic heterocycles. The van der Waals surface area contributed by atoms with E-state index in [2.05, 4.69) is 5.32 Å². The van der Waals surface area contributed by atoms with Gasteiger partial charge >= 0.3 is 0 Å². The summed E-state index contributed by atoms with van der Waals surface area (Å²) in [4.78, 5) is 0. The molecule has 4 nitrogen and oxygen atoms in total. The second kappa shape index (κ2) is 9.56. The van der Waals surface area contributed by atoms with Gasteiger partial charge in [0.25, 0.3) is 0 Å². The molecule has 4 N–H and O–H groups in total. The Morgan fingerprint density at radius 2 is 1.45 bits per heavy atom. The standard InChI is InChI=1S/C25H26F2N2O2/c26-19-7-3-17(4-8-19)25(18-5-9-20(27)10-6-18)24-13-23(30)22(15-31-24)29-14-16-1-11-21(28)12-2-16/h1-12,22-25,29-30H,13-15,28H2/t22-,23-,24+/m1/s1. The molecular weight excluding hydrogens is 398 g/mol. The van der Waals surface area contributed by atoms with Gasteiger partial charge in [0.15, 0.2) is 0 Å². The van der Waals surface area contributed by atoms with E-state index in [0.717, 1.165) is 16.7 Å². The van der Waals surface area contributed by atoms with Gasteiger partial charge in [-0.1, -0.05) is 36.4 Å². The lowest BCUT2D eigenvalue weighted by molar-refractivity contribution is -0.0718. The van der Waals surface area contributed by atoms with Crippen LogP contribution in [0.1, 0.15) is 29.0 Å². The number of hydrogen-bond acceptors (Lipinski definition) is 4. The Morgan fingerprint density at radius 1 is 0.903 bits per heavy atom. The molecule has 1 aliphatic rings. The molecule has 0 amide bonds. The lowest BCUT2D eigenvalue weighted by Gasteiger charge is -2.38. The molecule has 3 atom stereocenters. The van der Waals surface area contributed by atoms with Crippen LogP contribution in [0.2, 0.25) is 0 Å². The van der Waals surface area contributed by atoms with E-state index in [1.807, 2.05) is 24.3 Å². The van der Waals surface area contributed by atoms with Crippen molar-refractivity contribution in [3.8, 4) is 0 Å². The first-order chi connectivity index (χ1) is 15.0. The number of anilines is 1. The van der Waals surface area contributed by atoms with Crippen molar-refractivity contribution in [2.45, 2.75) is 37.1 Å². The van der Waals surface area contributed by atoms with Crippen LogP contribution in [0.4, 0.5) is 14.5 Å². The Labute approximate surface area is 180 Å². The molecule has 1 heterocycles. The summed E-state index contributed by atoms with van der Waals surface area (Å²) < 4.78 is 33.1. The lowest BCUT2D eigenvalue weighted by atomic mass is 9.82. The predicted octanol–water partition coefficient (Wildman–Crippen LogP) is 3.99. The third-order valence-corrected chi connectivity index (χ3v) is 5.81. The molecule has 6 heteroatoms. The summed E-state index contributed by atoms with van der Waals surface area (Å²) >= 11 is 0. The van der Waals surface area contributed by atoms with Crippen LogP contribution in [0.15, 0.2) is 72.8 Å². The van der Waals surface area contributed by atoms with Crippen molar-refractivity contribution in [2.75, 3.05) is 12.3 Å². The fraction of sp³-hybridized carbons (Fsp3) is 0.280. The van der Waals surface area contributed by atoms with Crippen LogP contribution in [0.3, 0.4) is 0 Å². The Balaban J connectivity index is 1.47. The minimum atomic E-state index is -0.615. The molecule has 1 saturated heterocycles. The van der Waals surface area contributed by atoms with E-state index in [-0.39, 0.29) is 29.7 Å². The highest BCUT2D eigenvalue weighted by Gasteiger charge is 2.35. The van der Waals surface area contributed by atoms with Crippen molar-refractivity contribution in [1.82, 2.24) is 5.32 Å². The van der Waals surface area contributed by atoms with Gasteiger partial charge in [0.2, 0.25) is 0 Å². The van der Waals surface area contributed by atoms with Gasteiger partial charge in [-0.3, -0.25) is 0 Å². The molecule has 3 aromatic carbocycles. The molecule has 0 saturated carbocycles. The van der Waals surface area contributed by atoms with Crippen molar-refractivity contribution in [2.24, 2.45) is 0 Å². The normalized spacial score (nSPS) is 21.4. The van der Waals surface area contributed by atoms with E-state index in [1.165, 1.54) is 24.3 Å². The van der Waals surface area contributed by atoms with Crippen molar-refractivity contribution < 1.29 is 18.6 Å². The maximum absolute atomic E-state index is 13.5. The Bertz CT molecular complexity index is 932. The molecule has 0 bridgehead atoms. The van der Waals surface area contributed by atoms with Crippen LogP contribution in [-0.4, -0.2) is 30.0 Å². The average Bonchev–Trinajstić information content (AvgIpc) is 2.77. The zero-order chi connectivity index (χ0) is 21.8. The second-order valence-electron chi connectivity index (χ2n) is 7.98. The molecule has 0 unspecified atom stereocenters. The zero-order valence-electron chi connectivity index (χ0n) is 17.0. The minimum absolute atomic E-state index is 0.212. The Morgan fingerprint density at radius 3 is 1.97 bits per heavy atom. The highest BCUT2D eigenvalue weighted by Crippen LogP contribution is 2.35. The van der Waals surface area contributed by atoms with Gasteiger partial charge in [-0.25, -0.2) is 8.78 Å². The number of rotatable bonds is 6. The molecular formula is C25H26F2N2O2. The predicted molar refractivity (Wildman–Crippen MR) is 116 cm³/mol. The molecule has 0 aliphatic carbocycles. The number of hydrogen-bond donors (Lipinski definition) is 3. The van der Waals surface area contributed by atoms with E-state index in [0.29, 0.717) is 25.3 Å². The van der Waals surface area contributed by atoms with E-state index in [1.54, 1.807) is 24.3 Å². The van der Waals surface area contributed by atoms with Gasteiger partial charge in [0.1, 0.15) is 11.6 Å². The van der Waals surface area contributed by atoms with Crippen LogP contribution < -0.4 is 11.1 Å². The molecule has 4 rings (SSSR count). The number of aliphatic hydroxyl groups is 1. The molecule has 1 fully saturated rings. The smallest absolute Gasteiger partial charge is 0.123 e. The highest BCUT2D eigenvalue weighted by atomic mass is 19.1. The van der Waals surface area contributed by atoms with Gasteiger partial charge in [-0.05, 0) is 53.1 Å². The van der Waals surface area contributed by atoms with Crippen LogP contribution in [0.5, 0.6) is 0 Å². The summed E-state index contributed by atoms with van der Waals surface area (Å²) in [5, 5.41) is 14.2. The first kappa shape index (κ1) is 21.4. The first-order valence-corrected chi connectivity index (χ1v) is 10.4. The minimum Gasteiger partial charge on any atom is -0.399 e. The molecule has 0 radical (unpaired) electrons. The lowest BCUT2D eigenvalue weighted by Crippen LogP contribution is -2.50. The SMILES string of the molecule is Nc1ccc(CN[C@@H]2CO[C@H](C(c3ccc(F)cc3)c3ccc(F)cc3)C[C@H]2O)cc1. The molecule has 31 heavy (non-hydrogen) atoms. The number of nitrogens with two attached hydrogens (primary N) is 1. The largest absolute Gasteiger partial charge is 0.399 e. The van der Waals surface area contributed by atoms with Crippen LogP contribution in [0.25, 0.3) is 0 Å². The Hall–Kier alpha value is -2.80. The number of halogens is 2. The maximum Gasteiger partial charge on any atom is 0.123 e. The molecule has 162 valence electrons. The van der Waals surface area contributed by atoms with Crippen LogP contribution in [0, 0.1) is 11.6 Å². The molecule has 1 aliphatic heterocycles. The van der Waals surface area contributed by atoms with Crippen LogP contribution in [-0.2, 0) is 11.3 Å². The van der Waals surface area contributed by atoms with Crippen molar-refractivity contribution in [1.29, 1.82) is 0 Å². The second-order valence-corrected chi connectivity index (χ2v) is 7.98. The van der Waals surface area contributed by atoms with Gasteiger partial charge in [0, 0.05) is 24.6 Å². The molecule has 3 aromatic rings. The molecule has 0 spiro atoms. The summed E-state index contributed by atoms with van der Waals surface area (Å²) in [5.74, 6) is -0.884. The third kappa shape index (κ3) is 5.28. The van der Waals surface area contributed by atoms with Crippen molar-refractivity contribution in [3.63, 3.8) is 0 Å². The van der Waals surface area contributed by atoms with Crippen molar-refractivity contribution >= 4 is 5.69 Å². The first-order valence-electron chi connectivity index (χ1n) is 10.4. The Kier molecular flexibility index (Phi) is 6.61. The summed E-state index contributed by atoms with van der Waals surface area (Å²) in [6, 6.07) is 19.8. The topological polar surface area (TPSA) is 67.5 Å². The van der Waals surface area contributed by atoms with E-state index < -0.39 is 6.10 Å². The summed E-state index contributed by atoms with van der Waals surface area (Å²) in [6.45, 7) is 0.926. The third-order valence-electron chi connectivity index (χ3n) is 5.81. The monoisotopic (exact) mass is 424 g/mol. The van der Waals surface area contributed by atoms with E-state index in [9.17, 15) is 13.9 Å². The van der Waals surface area contributed by atoms with E-state index in [4.69, 9.17) is 10.5 Å². The summed E-state index contributed by atoms with van der Waals surface area (Å²) in [5.41, 5.74) is 9.22.